The topological polar surface area (TPSA) is 59.9 Å². The lowest BCUT2D eigenvalue weighted by molar-refractivity contribution is 0.181. The molecule has 6 heteroatoms. The van der Waals surface area contributed by atoms with Crippen molar-refractivity contribution in [1.82, 2.24) is 15.0 Å². The summed E-state index contributed by atoms with van der Waals surface area (Å²) in [6.45, 7) is 7.72. The zero-order valence-electron chi connectivity index (χ0n) is 15.7. The van der Waals surface area contributed by atoms with Crippen LogP contribution in [0, 0.1) is 0 Å². The highest BCUT2D eigenvalue weighted by molar-refractivity contribution is 7.11. The quantitative estimate of drug-likeness (QED) is 0.846. The van der Waals surface area contributed by atoms with Gasteiger partial charge < -0.3 is 10.1 Å². The van der Waals surface area contributed by atoms with Crippen LogP contribution in [0.3, 0.4) is 0 Å². The molecule has 0 saturated carbocycles. The number of anilines is 1. The number of nitrogens with zero attached hydrogens (tertiary/aromatic N) is 3. The fourth-order valence-corrected chi connectivity index (χ4v) is 4.11. The molecule has 0 radical (unpaired) electrons. The Balaban J connectivity index is 1.65. The van der Waals surface area contributed by atoms with Crippen molar-refractivity contribution in [2.45, 2.75) is 64.9 Å². The molecule has 0 amide bonds. The van der Waals surface area contributed by atoms with Crippen molar-refractivity contribution in [3.63, 3.8) is 0 Å². The summed E-state index contributed by atoms with van der Waals surface area (Å²) in [6, 6.07) is 1.98. The Morgan fingerprint density at radius 2 is 1.96 bits per heavy atom. The first-order chi connectivity index (χ1) is 12.0. The minimum absolute atomic E-state index is 0.0887. The van der Waals surface area contributed by atoms with Gasteiger partial charge in [0.05, 0.1) is 23.0 Å². The normalized spacial score (nSPS) is 14.4. The van der Waals surface area contributed by atoms with Gasteiger partial charge in [-0.05, 0) is 25.7 Å². The molecule has 0 saturated heterocycles. The molecule has 0 fully saturated rings. The molecule has 2 aromatic heterocycles. The Morgan fingerprint density at radius 1 is 1.16 bits per heavy atom. The van der Waals surface area contributed by atoms with E-state index in [4.69, 9.17) is 9.72 Å². The largest absolute Gasteiger partial charge is 0.378 e. The van der Waals surface area contributed by atoms with E-state index in [0.29, 0.717) is 6.61 Å². The summed E-state index contributed by atoms with van der Waals surface area (Å²) in [4.78, 5) is 15.6. The average Bonchev–Trinajstić information content (AvgIpc) is 2.97. The number of methoxy groups -OCH3 is 1. The van der Waals surface area contributed by atoms with Gasteiger partial charge in [-0.25, -0.2) is 15.0 Å². The summed E-state index contributed by atoms with van der Waals surface area (Å²) in [7, 11) is 1.69. The van der Waals surface area contributed by atoms with Gasteiger partial charge in [0.25, 0.3) is 0 Å². The van der Waals surface area contributed by atoms with Gasteiger partial charge >= 0.3 is 0 Å². The predicted octanol–water partition coefficient (Wildman–Crippen LogP) is 3.91. The summed E-state index contributed by atoms with van der Waals surface area (Å²) in [6.07, 6.45) is 5.90. The Morgan fingerprint density at radius 3 is 2.68 bits per heavy atom. The highest BCUT2D eigenvalue weighted by Gasteiger charge is 2.19. The number of nitrogens with one attached hydrogen (secondary N) is 1. The summed E-state index contributed by atoms with van der Waals surface area (Å²) in [5.74, 6) is 1.71. The van der Waals surface area contributed by atoms with Crippen LogP contribution in [0.2, 0.25) is 0 Å². The second-order valence-corrected chi connectivity index (χ2v) is 8.78. The lowest BCUT2D eigenvalue weighted by Crippen LogP contribution is -2.19. The van der Waals surface area contributed by atoms with Crippen molar-refractivity contribution in [3.8, 4) is 0 Å². The maximum Gasteiger partial charge on any atom is 0.136 e. The van der Waals surface area contributed by atoms with E-state index >= 15 is 0 Å². The van der Waals surface area contributed by atoms with Gasteiger partial charge in [-0.15, -0.1) is 11.3 Å². The van der Waals surface area contributed by atoms with Gasteiger partial charge in [0, 0.05) is 36.4 Å². The highest BCUT2D eigenvalue weighted by Crippen LogP contribution is 2.27. The molecule has 0 aliphatic heterocycles. The van der Waals surface area contributed by atoms with Gasteiger partial charge in [0.15, 0.2) is 0 Å². The van der Waals surface area contributed by atoms with Crippen molar-refractivity contribution >= 4 is 17.2 Å². The highest BCUT2D eigenvalue weighted by atomic mass is 32.1. The molecule has 25 heavy (non-hydrogen) atoms. The average molecular weight is 361 g/mol. The van der Waals surface area contributed by atoms with Gasteiger partial charge in [-0.1, -0.05) is 20.8 Å². The van der Waals surface area contributed by atoms with E-state index in [2.05, 4.69) is 36.1 Å². The maximum atomic E-state index is 5.24. The molecular weight excluding hydrogens is 332 g/mol. The zero-order chi connectivity index (χ0) is 17.9. The van der Waals surface area contributed by atoms with Crippen LogP contribution in [0.4, 0.5) is 5.82 Å². The molecule has 1 aliphatic rings. The maximum absolute atomic E-state index is 5.24. The van der Waals surface area contributed by atoms with Crippen LogP contribution < -0.4 is 5.32 Å². The molecule has 136 valence electrons. The first-order valence-corrected chi connectivity index (χ1v) is 9.86. The molecule has 0 atom stereocenters. The molecule has 0 aromatic carbocycles. The molecule has 3 rings (SSSR count). The molecule has 2 aromatic rings. The van der Waals surface area contributed by atoms with Crippen molar-refractivity contribution in [2.75, 3.05) is 19.0 Å². The second-order valence-electron chi connectivity index (χ2n) is 7.61. The van der Waals surface area contributed by atoms with Crippen molar-refractivity contribution in [3.05, 3.63) is 33.2 Å². The molecule has 1 N–H and O–H groups in total. The van der Waals surface area contributed by atoms with Crippen molar-refractivity contribution < 1.29 is 4.74 Å². The fraction of sp³-hybridized carbons (Fsp3) is 0.632. The Hall–Kier alpha value is -1.53. The standard InChI is InChI=1S/C19H28N4OS/c1-19(2,3)18-21-13(12-24-4)11-16(23-18)20-10-9-17-22-14-7-5-6-8-15(14)25-17/h11H,5-10,12H2,1-4H3,(H,20,21,23). The van der Waals surface area contributed by atoms with Crippen LogP contribution in [-0.4, -0.2) is 28.6 Å². The Bertz CT molecular complexity index is 697. The van der Waals surface area contributed by atoms with E-state index < -0.39 is 0 Å². The number of fused-ring (bicyclic) bond motifs is 1. The van der Waals surface area contributed by atoms with Gasteiger partial charge in [-0.2, -0.15) is 0 Å². The number of ether oxygens (including phenoxy) is 1. The number of aryl methyl sites for hydroxylation is 2. The van der Waals surface area contributed by atoms with Crippen LogP contribution >= 0.6 is 11.3 Å². The number of thiazole rings is 1. The molecule has 0 unspecified atom stereocenters. The number of rotatable bonds is 6. The van der Waals surface area contributed by atoms with Crippen molar-refractivity contribution in [2.24, 2.45) is 0 Å². The first kappa shape index (κ1) is 18.3. The summed E-state index contributed by atoms with van der Waals surface area (Å²) < 4.78 is 5.24. The van der Waals surface area contributed by atoms with Crippen LogP contribution in [0.1, 0.15) is 60.7 Å². The second kappa shape index (κ2) is 7.79. The van der Waals surface area contributed by atoms with E-state index in [1.165, 1.54) is 34.8 Å². The summed E-state index contributed by atoms with van der Waals surface area (Å²) >= 11 is 1.89. The van der Waals surface area contributed by atoms with E-state index in [-0.39, 0.29) is 5.41 Å². The summed E-state index contributed by atoms with van der Waals surface area (Å²) in [5, 5.41) is 4.68. The third-order valence-corrected chi connectivity index (χ3v) is 5.49. The van der Waals surface area contributed by atoms with E-state index in [1.807, 2.05) is 17.4 Å². The molecule has 5 nitrogen and oxygen atoms in total. The van der Waals surface area contributed by atoms with Crippen LogP contribution in [-0.2, 0) is 36.0 Å². The van der Waals surface area contributed by atoms with E-state index in [1.54, 1.807) is 7.11 Å². The van der Waals surface area contributed by atoms with Gasteiger partial charge in [0.2, 0.25) is 0 Å². The van der Waals surface area contributed by atoms with E-state index in [9.17, 15) is 0 Å². The monoisotopic (exact) mass is 360 g/mol. The number of aromatic nitrogens is 3. The smallest absolute Gasteiger partial charge is 0.136 e. The molecular formula is C19H28N4OS. The first-order valence-electron chi connectivity index (χ1n) is 9.04. The lowest BCUT2D eigenvalue weighted by atomic mass is 9.95. The molecule has 0 bridgehead atoms. The third kappa shape index (κ3) is 4.76. The van der Waals surface area contributed by atoms with Crippen molar-refractivity contribution in [1.29, 1.82) is 0 Å². The summed E-state index contributed by atoms with van der Waals surface area (Å²) in [5.41, 5.74) is 2.16. The lowest BCUT2D eigenvalue weighted by Gasteiger charge is -2.18. The van der Waals surface area contributed by atoms with Crippen LogP contribution in [0.15, 0.2) is 6.07 Å². The van der Waals surface area contributed by atoms with Gasteiger partial charge in [0.1, 0.15) is 11.6 Å². The van der Waals surface area contributed by atoms with E-state index in [0.717, 1.165) is 36.7 Å². The van der Waals surface area contributed by atoms with Gasteiger partial charge in [-0.3, -0.25) is 0 Å². The zero-order valence-corrected chi connectivity index (χ0v) is 16.5. The number of hydrogen-bond donors (Lipinski definition) is 1. The molecule has 1 aliphatic carbocycles. The molecule has 2 heterocycles. The Kier molecular flexibility index (Phi) is 5.69. The molecule has 0 spiro atoms. The minimum atomic E-state index is -0.0887. The Labute approximate surface area is 154 Å². The third-order valence-electron chi connectivity index (χ3n) is 4.28. The predicted molar refractivity (Wildman–Crippen MR) is 102 cm³/mol. The SMILES string of the molecule is COCc1cc(NCCc2nc3c(s2)CCCC3)nc(C(C)(C)C)n1. The van der Waals surface area contributed by atoms with Crippen LogP contribution in [0.25, 0.3) is 0 Å². The number of hydrogen-bond acceptors (Lipinski definition) is 6. The minimum Gasteiger partial charge on any atom is -0.378 e. The van der Waals surface area contributed by atoms with Crippen LogP contribution in [0.5, 0.6) is 0 Å². The fourth-order valence-electron chi connectivity index (χ4n) is 2.96.